The SMILES string of the molecule is COc1c(N)cccc1C(=O)NC1CCC(=O)N(C)C1=O. The van der Waals surface area contributed by atoms with E-state index in [0.29, 0.717) is 12.1 Å². The Morgan fingerprint density at radius 3 is 2.81 bits per heavy atom. The molecule has 7 nitrogen and oxygen atoms in total. The van der Waals surface area contributed by atoms with Crippen LogP contribution < -0.4 is 15.8 Å². The highest BCUT2D eigenvalue weighted by molar-refractivity contribution is 6.04. The van der Waals surface area contributed by atoms with E-state index in [4.69, 9.17) is 10.5 Å². The number of nitrogens with one attached hydrogen (secondary N) is 1. The molecular formula is C14H17N3O4. The minimum Gasteiger partial charge on any atom is -0.494 e. The fourth-order valence-electron chi connectivity index (χ4n) is 2.25. The minimum absolute atomic E-state index is 0.223. The van der Waals surface area contributed by atoms with E-state index >= 15 is 0 Å². The zero-order valence-corrected chi connectivity index (χ0v) is 11.9. The monoisotopic (exact) mass is 291 g/mol. The molecule has 3 amide bonds. The number of nitrogens with zero attached hydrogens (tertiary/aromatic N) is 1. The molecule has 1 unspecified atom stereocenters. The van der Waals surface area contributed by atoms with Crippen molar-refractivity contribution in [2.75, 3.05) is 19.9 Å². The molecule has 1 aromatic rings. The molecule has 1 heterocycles. The van der Waals surface area contributed by atoms with Gasteiger partial charge in [0.05, 0.1) is 18.4 Å². The molecule has 112 valence electrons. The van der Waals surface area contributed by atoms with Gasteiger partial charge in [-0.2, -0.15) is 0 Å². The van der Waals surface area contributed by atoms with Gasteiger partial charge in [-0.3, -0.25) is 19.3 Å². The third-order valence-electron chi connectivity index (χ3n) is 3.45. The van der Waals surface area contributed by atoms with Gasteiger partial charge < -0.3 is 15.8 Å². The van der Waals surface area contributed by atoms with Gasteiger partial charge in [0.2, 0.25) is 5.91 Å². The van der Waals surface area contributed by atoms with Gasteiger partial charge in [0.1, 0.15) is 6.04 Å². The Morgan fingerprint density at radius 1 is 1.43 bits per heavy atom. The normalized spacial score (nSPS) is 18.6. The van der Waals surface area contributed by atoms with Gasteiger partial charge in [0, 0.05) is 13.5 Å². The first-order chi connectivity index (χ1) is 9.95. The van der Waals surface area contributed by atoms with Gasteiger partial charge in [0.15, 0.2) is 5.75 Å². The maximum atomic E-state index is 12.3. The van der Waals surface area contributed by atoms with Gasteiger partial charge in [0.25, 0.3) is 11.8 Å². The maximum Gasteiger partial charge on any atom is 0.255 e. The van der Waals surface area contributed by atoms with E-state index in [9.17, 15) is 14.4 Å². The molecule has 1 aliphatic heterocycles. The van der Waals surface area contributed by atoms with Crippen LogP contribution in [-0.2, 0) is 9.59 Å². The molecule has 2 rings (SSSR count). The smallest absolute Gasteiger partial charge is 0.255 e. The molecule has 0 saturated carbocycles. The molecule has 1 aliphatic rings. The molecule has 0 spiro atoms. The lowest BCUT2D eigenvalue weighted by Gasteiger charge is -2.28. The topological polar surface area (TPSA) is 102 Å². The van der Waals surface area contributed by atoms with E-state index in [1.165, 1.54) is 14.2 Å². The standard InChI is InChI=1S/C14H17N3O4/c1-17-11(18)7-6-10(14(17)20)16-13(19)8-4-3-5-9(15)12(8)21-2/h3-5,10H,6-7,15H2,1-2H3,(H,16,19). The van der Waals surface area contributed by atoms with Crippen LogP contribution in [-0.4, -0.2) is 42.8 Å². The first-order valence-electron chi connectivity index (χ1n) is 6.49. The molecule has 0 bridgehead atoms. The molecule has 0 aliphatic carbocycles. The number of nitrogen functional groups attached to an aromatic ring is 1. The van der Waals surface area contributed by atoms with Crippen LogP contribution in [0.2, 0.25) is 0 Å². The third-order valence-corrected chi connectivity index (χ3v) is 3.45. The Kier molecular flexibility index (Phi) is 4.11. The number of imide groups is 1. The van der Waals surface area contributed by atoms with Crippen molar-refractivity contribution in [1.82, 2.24) is 10.2 Å². The number of nitrogens with two attached hydrogens (primary N) is 1. The quantitative estimate of drug-likeness (QED) is 0.610. The van der Waals surface area contributed by atoms with Gasteiger partial charge >= 0.3 is 0 Å². The van der Waals surface area contributed by atoms with Gasteiger partial charge in [-0.25, -0.2) is 0 Å². The molecule has 21 heavy (non-hydrogen) atoms. The summed E-state index contributed by atoms with van der Waals surface area (Å²) in [6.07, 6.45) is 0.514. The second-order valence-electron chi connectivity index (χ2n) is 4.78. The maximum absolute atomic E-state index is 12.3. The molecule has 3 N–H and O–H groups in total. The number of carbonyl (C=O) groups excluding carboxylic acids is 3. The van der Waals surface area contributed by atoms with Crippen molar-refractivity contribution < 1.29 is 19.1 Å². The zero-order chi connectivity index (χ0) is 15.6. The predicted molar refractivity (Wildman–Crippen MR) is 75.7 cm³/mol. The highest BCUT2D eigenvalue weighted by Gasteiger charge is 2.33. The molecule has 1 atom stereocenters. The van der Waals surface area contributed by atoms with E-state index in [0.717, 1.165) is 4.90 Å². The highest BCUT2D eigenvalue weighted by atomic mass is 16.5. The van der Waals surface area contributed by atoms with E-state index in [2.05, 4.69) is 5.32 Å². The lowest BCUT2D eigenvalue weighted by atomic mass is 10.0. The summed E-state index contributed by atoms with van der Waals surface area (Å²) in [6.45, 7) is 0. The summed E-state index contributed by atoms with van der Waals surface area (Å²) in [5, 5.41) is 2.62. The second-order valence-corrected chi connectivity index (χ2v) is 4.78. The van der Waals surface area contributed by atoms with Gasteiger partial charge in [-0.05, 0) is 18.6 Å². The van der Waals surface area contributed by atoms with Crippen LogP contribution in [0.5, 0.6) is 5.75 Å². The second kappa shape index (κ2) is 5.82. The summed E-state index contributed by atoms with van der Waals surface area (Å²) in [7, 11) is 2.82. The first kappa shape index (κ1) is 14.8. The number of likely N-dealkylation sites (N-methyl/N-ethyl adjacent to an activating group) is 1. The van der Waals surface area contributed by atoms with Crippen molar-refractivity contribution in [3.8, 4) is 5.75 Å². The molecule has 1 fully saturated rings. The third kappa shape index (κ3) is 2.81. The number of methoxy groups -OCH3 is 1. The van der Waals surface area contributed by atoms with Crippen molar-refractivity contribution in [3.05, 3.63) is 23.8 Å². The molecule has 0 radical (unpaired) electrons. The van der Waals surface area contributed by atoms with Crippen molar-refractivity contribution in [3.63, 3.8) is 0 Å². The van der Waals surface area contributed by atoms with E-state index in [1.54, 1.807) is 18.2 Å². The van der Waals surface area contributed by atoms with E-state index < -0.39 is 17.9 Å². The molecule has 0 aromatic heterocycles. The molecule has 1 saturated heterocycles. The summed E-state index contributed by atoms with van der Waals surface area (Å²) in [4.78, 5) is 36.7. The van der Waals surface area contributed by atoms with Crippen LogP contribution in [0.15, 0.2) is 18.2 Å². The summed E-state index contributed by atoms with van der Waals surface area (Å²) >= 11 is 0. The fraction of sp³-hybridized carbons (Fsp3) is 0.357. The number of hydrogen-bond donors (Lipinski definition) is 2. The van der Waals surface area contributed by atoms with Crippen LogP contribution in [0, 0.1) is 0 Å². The summed E-state index contributed by atoms with van der Waals surface area (Å²) in [5.74, 6) is -0.850. The number of para-hydroxylation sites is 1. The number of likely N-dealkylation sites (tertiary alicyclic amines) is 1. The zero-order valence-electron chi connectivity index (χ0n) is 11.9. The number of piperidine rings is 1. The van der Waals surface area contributed by atoms with E-state index in [1.807, 2.05) is 0 Å². The Labute approximate surface area is 122 Å². The van der Waals surface area contributed by atoms with Crippen LogP contribution in [0.25, 0.3) is 0 Å². The van der Waals surface area contributed by atoms with Gasteiger partial charge in [-0.15, -0.1) is 0 Å². The summed E-state index contributed by atoms with van der Waals surface area (Å²) in [6, 6.07) is 4.09. The molecule has 7 heteroatoms. The molecule has 1 aromatic carbocycles. The Balaban J connectivity index is 2.17. The molecular weight excluding hydrogens is 274 g/mol. The average molecular weight is 291 g/mol. The Hall–Kier alpha value is -2.57. The summed E-state index contributed by atoms with van der Waals surface area (Å²) in [5.41, 5.74) is 6.34. The van der Waals surface area contributed by atoms with Crippen LogP contribution in [0.3, 0.4) is 0 Å². The van der Waals surface area contributed by atoms with Crippen LogP contribution in [0.1, 0.15) is 23.2 Å². The van der Waals surface area contributed by atoms with Crippen molar-refractivity contribution in [1.29, 1.82) is 0 Å². The number of carbonyl (C=O) groups is 3. The highest BCUT2D eigenvalue weighted by Crippen LogP contribution is 2.26. The Bertz CT molecular complexity index is 600. The lowest BCUT2D eigenvalue weighted by Crippen LogP contribution is -2.52. The van der Waals surface area contributed by atoms with Crippen LogP contribution >= 0.6 is 0 Å². The van der Waals surface area contributed by atoms with Crippen LogP contribution in [0.4, 0.5) is 5.69 Å². The fourth-order valence-corrected chi connectivity index (χ4v) is 2.25. The number of hydrogen-bond acceptors (Lipinski definition) is 5. The average Bonchev–Trinajstić information content (AvgIpc) is 2.47. The first-order valence-corrected chi connectivity index (χ1v) is 6.49. The number of benzene rings is 1. The van der Waals surface area contributed by atoms with E-state index in [-0.39, 0.29) is 23.6 Å². The number of amides is 3. The number of anilines is 1. The van der Waals surface area contributed by atoms with Gasteiger partial charge in [-0.1, -0.05) is 6.07 Å². The predicted octanol–water partition coefficient (Wildman–Crippen LogP) is 0.155. The lowest BCUT2D eigenvalue weighted by molar-refractivity contribution is -0.147. The number of rotatable bonds is 3. The van der Waals surface area contributed by atoms with Crippen molar-refractivity contribution in [2.24, 2.45) is 0 Å². The van der Waals surface area contributed by atoms with Crippen molar-refractivity contribution in [2.45, 2.75) is 18.9 Å². The largest absolute Gasteiger partial charge is 0.494 e. The Morgan fingerprint density at radius 2 is 2.14 bits per heavy atom. The number of ether oxygens (including phenoxy) is 1. The summed E-state index contributed by atoms with van der Waals surface area (Å²) < 4.78 is 5.12. The minimum atomic E-state index is -0.716. The van der Waals surface area contributed by atoms with Crippen molar-refractivity contribution >= 4 is 23.4 Å².